The first-order chi connectivity index (χ1) is 15.9. The van der Waals surface area contributed by atoms with E-state index in [1.807, 2.05) is 0 Å². The second-order valence-electron chi connectivity index (χ2n) is 7.38. The van der Waals surface area contributed by atoms with Crippen molar-refractivity contribution in [1.82, 2.24) is 4.31 Å². The number of carbonyl (C=O) groups is 2. The molecule has 0 aromatic heterocycles. The third-order valence-electron chi connectivity index (χ3n) is 5.33. The zero-order valence-corrected chi connectivity index (χ0v) is 18.8. The van der Waals surface area contributed by atoms with Gasteiger partial charge in [0.25, 0.3) is 5.91 Å². The maximum Gasteiger partial charge on any atom is 0.348 e. The van der Waals surface area contributed by atoms with E-state index in [1.165, 1.54) is 40.6 Å². The van der Waals surface area contributed by atoms with Crippen LogP contribution in [0.2, 0.25) is 0 Å². The van der Waals surface area contributed by atoms with Crippen molar-refractivity contribution in [3.05, 3.63) is 48.5 Å². The van der Waals surface area contributed by atoms with E-state index in [0.29, 0.717) is 43.5 Å². The largest absolute Gasteiger partial charge is 0.484 e. The molecular weight excluding hydrogens is 452 g/mol. The second-order valence-corrected chi connectivity index (χ2v) is 9.32. The van der Waals surface area contributed by atoms with Crippen molar-refractivity contribution in [2.75, 3.05) is 51.5 Å². The lowest BCUT2D eigenvalue weighted by Crippen LogP contribution is -2.48. The Labute approximate surface area is 191 Å². The monoisotopic (exact) mass is 476 g/mol. The number of esters is 1. The molecule has 0 N–H and O–H groups in total. The van der Waals surface area contributed by atoms with Crippen LogP contribution >= 0.6 is 0 Å². The van der Waals surface area contributed by atoms with Crippen LogP contribution < -0.4 is 14.4 Å². The molecule has 1 amide bonds. The Balaban J connectivity index is 1.42. The fourth-order valence-electron chi connectivity index (χ4n) is 3.59. The lowest BCUT2D eigenvalue weighted by Gasteiger charge is -2.33. The van der Waals surface area contributed by atoms with E-state index in [1.54, 1.807) is 24.3 Å². The second kappa shape index (κ2) is 9.77. The molecule has 0 unspecified atom stereocenters. The number of methoxy groups -OCH3 is 1. The molecule has 2 aromatic rings. The maximum atomic E-state index is 12.9. The van der Waals surface area contributed by atoms with E-state index in [4.69, 9.17) is 18.9 Å². The summed E-state index contributed by atoms with van der Waals surface area (Å²) in [5, 5.41) is 0. The summed E-state index contributed by atoms with van der Waals surface area (Å²) in [7, 11) is -2.36. The molecule has 2 aliphatic heterocycles. The molecule has 0 radical (unpaired) electrons. The predicted octanol–water partition coefficient (Wildman–Crippen LogP) is 1.05. The number of para-hydroxylation sites is 2. The maximum absolute atomic E-state index is 12.9. The normalized spacial score (nSPS) is 18.7. The summed E-state index contributed by atoms with van der Waals surface area (Å²) in [6, 6.07) is 12.8. The first-order valence-corrected chi connectivity index (χ1v) is 11.8. The van der Waals surface area contributed by atoms with Gasteiger partial charge in [0.2, 0.25) is 16.1 Å². The topological polar surface area (TPSA) is 112 Å². The van der Waals surface area contributed by atoms with Gasteiger partial charge in [-0.15, -0.1) is 0 Å². The minimum absolute atomic E-state index is 0.0113. The van der Waals surface area contributed by atoms with Gasteiger partial charge in [0.1, 0.15) is 11.5 Å². The van der Waals surface area contributed by atoms with Crippen molar-refractivity contribution in [1.29, 1.82) is 0 Å². The van der Waals surface area contributed by atoms with E-state index < -0.39 is 22.1 Å². The Morgan fingerprint density at radius 3 is 2.45 bits per heavy atom. The van der Waals surface area contributed by atoms with Gasteiger partial charge in [-0.2, -0.15) is 4.31 Å². The van der Waals surface area contributed by atoms with Gasteiger partial charge in [0.05, 0.1) is 37.5 Å². The molecule has 0 bridgehead atoms. The molecule has 0 aliphatic carbocycles. The highest BCUT2D eigenvalue weighted by Gasteiger charge is 2.34. The van der Waals surface area contributed by atoms with Crippen molar-refractivity contribution < 1.29 is 37.0 Å². The van der Waals surface area contributed by atoms with E-state index in [9.17, 15) is 18.0 Å². The van der Waals surface area contributed by atoms with Crippen molar-refractivity contribution in [2.45, 2.75) is 11.0 Å². The fourth-order valence-corrected chi connectivity index (χ4v) is 5.00. The number of sulfonamides is 1. The molecule has 11 heteroatoms. The molecule has 33 heavy (non-hydrogen) atoms. The number of fused-ring (bicyclic) bond motifs is 1. The molecule has 4 rings (SSSR count). The molecule has 176 valence electrons. The average Bonchev–Trinajstić information content (AvgIpc) is 2.86. The van der Waals surface area contributed by atoms with Crippen LogP contribution in [0.3, 0.4) is 0 Å². The summed E-state index contributed by atoms with van der Waals surface area (Å²) in [4.78, 5) is 26.4. The zero-order valence-electron chi connectivity index (χ0n) is 18.0. The minimum atomic E-state index is -3.61. The predicted molar refractivity (Wildman–Crippen MR) is 117 cm³/mol. The smallest absolute Gasteiger partial charge is 0.348 e. The number of amides is 1. The van der Waals surface area contributed by atoms with E-state index in [-0.39, 0.29) is 24.0 Å². The number of nitrogens with zero attached hydrogens (tertiary/aromatic N) is 2. The van der Waals surface area contributed by atoms with Crippen LogP contribution in [-0.4, -0.2) is 77.3 Å². The summed E-state index contributed by atoms with van der Waals surface area (Å²) in [5.41, 5.74) is 0.526. The van der Waals surface area contributed by atoms with Gasteiger partial charge in [0, 0.05) is 13.1 Å². The minimum Gasteiger partial charge on any atom is -0.484 e. The van der Waals surface area contributed by atoms with E-state index in [2.05, 4.69) is 0 Å². The molecule has 1 fully saturated rings. The Hall–Kier alpha value is -3.15. The van der Waals surface area contributed by atoms with Crippen LogP contribution in [0.25, 0.3) is 0 Å². The molecule has 0 saturated carbocycles. The van der Waals surface area contributed by atoms with Crippen LogP contribution in [0.4, 0.5) is 5.69 Å². The molecular formula is C22H24N2O8S. The first kappa shape index (κ1) is 23.0. The molecule has 1 saturated heterocycles. The molecule has 2 heterocycles. The van der Waals surface area contributed by atoms with Gasteiger partial charge >= 0.3 is 5.97 Å². The zero-order chi connectivity index (χ0) is 23.4. The number of ether oxygens (including phenoxy) is 4. The molecule has 0 spiro atoms. The number of hydrogen-bond acceptors (Lipinski definition) is 8. The standard InChI is InChI=1S/C22H24N2O8S/c1-29-22(26)20-14-24(18-4-2-3-5-19(18)32-20)21(25)15-31-16-6-8-17(9-7-16)33(27,28)23-10-12-30-13-11-23/h2-9,20H,10-15H2,1H3/t20-/m0/s1. The molecule has 1 atom stereocenters. The van der Waals surface area contributed by atoms with Gasteiger partial charge in [-0.05, 0) is 36.4 Å². The Morgan fingerprint density at radius 2 is 1.76 bits per heavy atom. The van der Waals surface area contributed by atoms with Gasteiger partial charge in [-0.1, -0.05) is 12.1 Å². The molecule has 2 aliphatic rings. The SMILES string of the molecule is COC(=O)[C@@H]1CN(C(=O)COc2ccc(S(=O)(=O)N3CCOCC3)cc2)c2ccccc2O1. The number of morpholine rings is 1. The van der Waals surface area contributed by atoms with Crippen LogP contribution in [0, 0.1) is 0 Å². The lowest BCUT2D eigenvalue weighted by molar-refractivity contribution is -0.148. The summed E-state index contributed by atoms with van der Waals surface area (Å²) in [6.45, 7) is 1.03. The summed E-state index contributed by atoms with van der Waals surface area (Å²) in [6.07, 6.45) is -0.946. The van der Waals surface area contributed by atoms with Gasteiger partial charge < -0.3 is 23.8 Å². The fraction of sp³-hybridized carbons (Fsp3) is 0.364. The van der Waals surface area contributed by atoms with Gasteiger partial charge in [-0.3, -0.25) is 4.79 Å². The Kier molecular flexibility index (Phi) is 6.82. The van der Waals surface area contributed by atoms with Crippen molar-refractivity contribution >= 4 is 27.6 Å². The first-order valence-electron chi connectivity index (χ1n) is 10.3. The Morgan fingerprint density at radius 1 is 1.06 bits per heavy atom. The third-order valence-corrected chi connectivity index (χ3v) is 7.25. The van der Waals surface area contributed by atoms with Gasteiger partial charge in [0.15, 0.2) is 6.61 Å². The van der Waals surface area contributed by atoms with E-state index in [0.717, 1.165) is 0 Å². The van der Waals surface area contributed by atoms with Crippen LogP contribution in [0.1, 0.15) is 0 Å². The number of rotatable bonds is 6. The lowest BCUT2D eigenvalue weighted by atomic mass is 10.2. The van der Waals surface area contributed by atoms with Crippen molar-refractivity contribution in [3.8, 4) is 11.5 Å². The summed E-state index contributed by atoms with van der Waals surface area (Å²) < 4.78 is 48.0. The number of hydrogen-bond donors (Lipinski definition) is 0. The van der Waals surface area contributed by atoms with Crippen LogP contribution in [0.15, 0.2) is 53.4 Å². The highest BCUT2D eigenvalue weighted by atomic mass is 32.2. The average molecular weight is 477 g/mol. The van der Waals surface area contributed by atoms with Crippen LogP contribution in [0.5, 0.6) is 11.5 Å². The highest BCUT2D eigenvalue weighted by Crippen LogP contribution is 2.33. The van der Waals surface area contributed by atoms with Crippen LogP contribution in [-0.2, 0) is 29.1 Å². The molecule has 2 aromatic carbocycles. The number of anilines is 1. The van der Waals surface area contributed by atoms with Crippen molar-refractivity contribution in [3.63, 3.8) is 0 Å². The Bertz CT molecular complexity index is 1110. The quantitative estimate of drug-likeness (QED) is 0.569. The summed E-state index contributed by atoms with van der Waals surface area (Å²) >= 11 is 0. The van der Waals surface area contributed by atoms with E-state index >= 15 is 0 Å². The molecule has 10 nitrogen and oxygen atoms in total. The van der Waals surface area contributed by atoms with Crippen molar-refractivity contribution in [2.24, 2.45) is 0 Å². The number of carbonyl (C=O) groups excluding carboxylic acids is 2. The highest BCUT2D eigenvalue weighted by molar-refractivity contribution is 7.89. The number of benzene rings is 2. The van der Waals surface area contributed by atoms with Gasteiger partial charge in [-0.25, -0.2) is 13.2 Å². The third kappa shape index (κ3) is 4.95. The summed E-state index contributed by atoms with van der Waals surface area (Å²) in [5.74, 6) is -0.231.